The smallest absolute Gasteiger partial charge is 0.241 e. The lowest BCUT2D eigenvalue weighted by Crippen LogP contribution is -2.43. The molecule has 1 N–H and O–H groups in total. The van der Waals surface area contributed by atoms with Crippen LogP contribution in [0.4, 0.5) is 0 Å². The average molecular weight is 369 g/mol. The summed E-state index contributed by atoms with van der Waals surface area (Å²) in [6.07, 6.45) is 0. The molecule has 1 atom stereocenters. The van der Waals surface area contributed by atoms with Crippen LogP contribution in [-0.2, 0) is 10.0 Å². The normalized spacial score (nSPS) is 14.3. The van der Waals surface area contributed by atoms with Crippen molar-refractivity contribution in [3.8, 4) is 0 Å². The number of hydrogen-bond donors (Lipinski definition) is 1. The number of nitrogens with zero attached hydrogens (tertiary/aromatic N) is 1. The number of likely N-dealkylation sites (N-methyl/N-ethyl adjacent to an activating group) is 1. The van der Waals surface area contributed by atoms with Gasteiger partial charge in [-0.3, -0.25) is 0 Å². The maximum absolute atomic E-state index is 12.3. The molecule has 7 heteroatoms. The summed E-state index contributed by atoms with van der Waals surface area (Å²) >= 11 is 4.75. The molecule has 0 radical (unpaired) electrons. The van der Waals surface area contributed by atoms with E-state index in [1.165, 1.54) is 11.3 Å². The standard InChI is InChI=1S/C12H21BrN2O2S2/c1-8(2)10(15(4)5)7-14-19(16,17)11-6-12(13)18-9(11)3/h6,8,10,14H,7H2,1-5H3. The van der Waals surface area contributed by atoms with Gasteiger partial charge in [0.2, 0.25) is 10.0 Å². The first-order valence-corrected chi connectivity index (χ1v) is 9.16. The molecule has 0 bridgehead atoms. The molecule has 1 aromatic heterocycles. The Labute approximate surface area is 128 Å². The SMILES string of the molecule is Cc1sc(Br)cc1S(=O)(=O)NCC(C(C)C)N(C)C. The fourth-order valence-corrected chi connectivity index (χ4v) is 5.45. The summed E-state index contributed by atoms with van der Waals surface area (Å²) in [5.41, 5.74) is 0. The summed E-state index contributed by atoms with van der Waals surface area (Å²) in [6, 6.07) is 1.83. The first-order chi connectivity index (χ1) is 8.65. The number of sulfonamides is 1. The van der Waals surface area contributed by atoms with Gasteiger partial charge in [-0.1, -0.05) is 13.8 Å². The summed E-state index contributed by atoms with van der Waals surface area (Å²) < 4.78 is 28.1. The van der Waals surface area contributed by atoms with E-state index in [4.69, 9.17) is 0 Å². The van der Waals surface area contributed by atoms with E-state index in [1.807, 2.05) is 25.9 Å². The Kier molecular flexibility index (Phi) is 6.00. The third kappa shape index (κ3) is 4.53. The van der Waals surface area contributed by atoms with Gasteiger partial charge in [-0.2, -0.15) is 0 Å². The second-order valence-corrected chi connectivity index (χ2v) is 9.47. The van der Waals surface area contributed by atoms with Crippen LogP contribution in [0.25, 0.3) is 0 Å². The predicted molar refractivity (Wildman–Crippen MR) is 84.3 cm³/mol. The Balaban J connectivity index is 2.84. The summed E-state index contributed by atoms with van der Waals surface area (Å²) in [6.45, 7) is 6.41. The van der Waals surface area contributed by atoms with Crippen molar-refractivity contribution < 1.29 is 8.42 Å². The first kappa shape index (κ1) is 17.1. The van der Waals surface area contributed by atoms with Crippen molar-refractivity contribution in [3.63, 3.8) is 0 Å². The average Bonchev–Trinajstić information content (AvgIpc) is 2.57. The number of thiophene rings is 1. The highest BCUT2D eigenvalue weighted by atomic mass is 79.9. The highest BCUT2D eigenvalue weighted by Crippen LogP contribution is 2.29. The van der Waals surface area contributed by atoms with Gasteiger partial charge in [0.25, 0.3) is 0 Å². The second-order valence-electron chi connectivity index (χ2n) is 5.10. The van der Waals surface area contributed by atoms with Gasteiger partial charge in [-0.25, -0.2) is 13.1 Å². The monoisotopic (exact) mass is 368 g/mol. The Hall–Kier alpha value is 0.0500. The molecule has 110 valence electrons. The van der Waals surface area contributed by atoms with Gasteiger partial charge >= 0.3 is 0 Å². The van der Waals surface area contributed by atoms with Crippen LogP contribution in [-0.4, -0.2) is 40.0 Å². The fourth-order valence-electron chi connectivity index (χ4n) is 1.98. The molecule has 0 amide bonds. The van der Waals surface area contributed by atoms with Gasteiger partial charge in [0, 0.05) is 17.5 Å². The molecule has 1 heterocycles. The van der Waals surface area contributed by atoms with Crippen molar-refractivity contribution in [2.24, 2.45) is 5.92 Å². The molecule has 1 rings (SSSR count). The highest BCUT2D eigenvalue weighted by Gasteiger charge is 2.23. The molecule has 1 aromatic rings. The summed E-state index contributed by atoms with van der Waals surface area (Å²) in [7, 11) is 0.499. The van der Waals surface area contributed by atoms with Gasteiger partial charge in [0.15, 0.2) is 0 Å². The summed E-state index contributed by atoms with van der Waals surface area (Å²) in [4.78, 5) is 3.21. The van der Waals surface area contributed by atoms with Crippen molar-refractivity contribution in [3.05, 3.63) is 14.7 Å². The maximum Gasteiger partial charge on any atom is 0.241 e. The minimum atomic E-state index is -3.43. The molecule has 0 aliphatic heterocycles. The second kappa shape index (κ2) is 6.67. The van der Waals surface area contributed by atoms with E-state index in [0.29, 0.717) is 17.4 Å². The molecule has 0 spiro atoms. The van der Waals surface area contributed by atoms with Crippen LogP contribution < -0.4 is 4.72 Å². The van der Waals surface area contributed by atoms with Gasteiger partial charge in [0.1, 0.15) is 0 Å². The van der Waals surface area contributed by atoms with Crippen molar-refractivity contribution in [2.45, 2.75) is 31.7 Å². The lowest BCUT2D eigenvalue weighted by molar-refractivity contribution is 0.233. The maximum atomic E-state index is 12.3. The molecule has 0 aliphatic carbocycles. The Morgan fingerprint density at radius 1 is 1.42 bits per heavy atom. The molecule has 0 aromatic carbocycles. The van der Waals surface area contributed by atoms with Crippen LogP contribution in [0.1, 0.15) is 18.7 Å². The quantitative estimate of drug-likeness (QED) is 0.839. The van der Waals surface area contributed by atoms with E-state index < -0.39 is 10.0 Å². The Bertz CT molecular complexity index is 516. The molecule has 0 saturated heterocycles. The third-order valence-electron chi connectivity index (χ3n) is 3.05. The van der Waals surface area contributed by atoms with Crippen LogP contribution in [0.15, 0.2) is 14.7 Å². The van der Waals surface area contributed by atoms with Crippen LogP contribution in [0.3, 0.4) is 0 Å². The number of aryl methyl sites for hydroxylation is 1. The van der Waals surface area contributed by atoms with E-state index in [1.54, 1.807) is 6.07 Å². The first-order valence-electron chi connectivity index (χ1n) is 6.07. The van der Waals surface area contributed by atoms with E-state index in [9.17, 15) is 8.42 Å². The minimum absolute atomic E-state index is 0.178. The van der Waals surface area contributed by atoms with Gasteiger partial charge in [-0.15, -0.1) is 11.3 Å². The van der Waals surface area contributed by atoms with Crippen molar-refractivity contribution in [1.82, 2.24) is 9.62 Å². The lowest BCUT2D eigenvalue weighted by atomic mass is 10.0. The van der Waals surface area contributed by atoms with Crippen molar-refractivity contribution >= 4 is 37.3 Å². The third-order valence-corrected chi connectivity index (χ3v) is 6.28. The molecule has 0 fully saturated rings. The Morgan fingerprint density at radius 3 is 2.37 bits per heavy atom. The Morgan fingerprint density at radius 2 is 2.00 bits per heavy atom. The lowest BCUT2D eigenvalue weighted by Gasteiger charge is -2.27. The molecule has 0 aliphatic rings. The van der Waals surface area contributed by atoms with Crippen molar-refractivity contribution in [1.29, 1.82) is 0 Å². The van der Waals surface area contributed by atoms with Crippen LogP contribution in [0.5, 0.6) is 0 Å². The number of hydrogen-bond acceptors (Lipinski definition) is 4. The zero-order valence-electron chi connectivity index (χ0n) is 11.9. The van der Waals surface area contributed by atoms with Crippen molar-refractivity contribution in [2.75, 3.05) is 20.6 Å². The number of rotatable bonds is 6. The number of nitrogens with one attached hydrogen (secondary N) is 1. The largest absolute Gasteiger partial charge is 0.305 e. The minimum Gasteiger partial charge on any atom is -0.305 e. The van der Waals surface area contributed by atoms with E-state index >= 15 is 0 Å². The highest BCUT2D eigenvalue weighted by molar-refractivity contribution is 9.11. The molecule has 19 heavy (non-hydrogen) atoms. The fraction of sp³-hybridized carbons (Fsp3) is 0.667. The van der Waals surface area contributed by atoms with Gasteiger partial charge in [-0.05, 0) is 48.9 Å². The van der Waals surface area contributed by atoms with E-state index in [2.05, 4.69) is 34.5 Å². The zero-order chi connectivity index (χ0) is 14.8. The molecular formula is C12H21BrN2O2S2. The summed E-state index contributed by atoms with van der Waals surface area (Å²) in [5, 5.41) is 0. The molecular weight excluding hydrogens is 348 g/mol. The predicted octanol–water partition coefficient (Wildman–Crippen LogP) is 2.68. The van der Waals surface area contributed by atoms with Gasteiger partial charge in [0.05, 0.1) is 8.68 Å². The molecule has 4 nitrogen and oxygen atoms in total. The number of halogens is 1. The van der Waals surface area contributed by atoms with Crippen LogP contribution in [0.2, 0.25) is 0 Å². The summed E-state index contributed by atoms with van der Waals surface area (Å²) in [5.74, 6) is 0.382. The van der Waals surface area contributed by atoms with E-state index in [-0.39, 0.29) is 6.04 Å². The molecule has 0 saturated carbocycles. The zero-order valence-corrected chi connectivity index (χ0v) is 15.1. The van der Waals surface area contributed by atoms with E-state index in [0.717, 1.165) is 8.66 Å². The molecule has 1 unspecified atom stereocenters. The topological polar surface area (TPSA) is 49.4 Å². The van der Waals surface area contributed by atoms with Gasteiger partial charge < -0.3 is 4.90 Å². The van der Waals surface area contributed by atoms with Crippen LogP contribution in [0, 0.1) is 12.8 Å². The van der Waals surface area contributed by atoms with Crippen LogP contribution >= 0.6 is 27.3 Å².